The minimum Gasteiger partial charge on any atom is -0.312 e. The lowest BCUT2D eigenvalue weighted by Gasteiger charge is -2.31. The smallest absolute Gasteiger partial charge is 0.243 e. The van der Waals surface area contributed by atoms with E-state index in [1.807, 2.05) is 13.0 Å². The van der Waals surface area contributed by atoms with Gasteiger partial charge in [-0.25, -0.2) is 8.42 Å². The summed E-state index contributed by atoms with van der Waals surface area (Å²) >= 11 is 2.13. The molecule has 1 atom stereocenters. The summed E-state index contributed by atoms with van der Waals surface area (Å²) in [6.07, 6.45) is 0. The number of hydrogen-bond donors (Lipinski definition) is 1. The van der Waals surface area contributed by atoms with Crippen molar-refractivity contribution in [3.8, 4) is 0 Å². The first-order chi connectivity index (χ1) is 8.00. The van der Waals surface area contributed by atoms with Gasteiger partial charge in [0.2, 0.25) is 10.0 Å². The summed E-state index contributed by atoms with van der Waals surface area (Å²) in [5, 5.41) is 3.24. The van der Waals surface area contributed by atoms with Crippen molar-refractivity contribution < 1.29 is 8.42 Å². The predicted molar refractivity (Wildman–Crippen MR) is 75.4 cm³/mol. The molecule has 1 aromatic rings. The van der Waals surface area contributed by atoms with Crippen molar-refractivity contribution in [3.05, 3.63) is 27.8 Å². The van der Waals surface area contributed by atoms with E-state index in [1.54, 1.807) is 22.5 Å². The Morgan fingerprint density at radius 3 is 2.88 bits per heavy atom. The number of hydrogen-bond acceptors (Lipinski definition) is 3. The zero-order valence-corrected chi connectivity index (χ0v) is 12.5. The molecule has 1 aliphatic rings. The second kappa shape index (κ2) is 5.21. The van der Waals surface area contributed by atoms with E-state index in [-0.39, 0.29) is 6.04 Å². The van der Waals surface area contributed by atoms with Gasteiger partial charge in [0.25, 0.3) is 0 Å². The molecule has 4 nitrogen and oxygen atoms in total. The van der Waals surface area contributed by atoms with Crippen LogP contribution in [-0.4, -0.2) is 38.4 Å². The van der Waals surface area contributed by atoms with Crippen molar-refractivity contribution in [3.63, 3.8) is 0 Å². The maximum absolute atomic E-state index is 12.4. The molecule has 6 heteroatoms. The summed E-state index contributed by atoms with van der Waals surface area (Å²) in [5.41, 5.74) is 0. The Morgan fingerprint density at radius 1 is 1.47 bits per heavy atom. The van der Waals surface area contributed by atoms with Crippen molar-refractivity contribution >= 4 is 32.6 Å². The molecule has 0 radical (unpaired) electrons. The van der Waals surface area contributed by atoms with Gasteiger partial charge >= 0.3 is 0 Å². The van der Waals surface area contributed by atoms with E-state index in [1.165, 1.54) is 0 Å². The molecule has 1 heterocycles. The average Bonchev–Trinajstić information content (AvgIpc) is 2.29. The minimum atomic E-state index is -3.33. The number of nitrogens with zero attached hydrogens (tertiary/aromatic N) is 1. The van der Waals surface area contributed by atoms with Crippen molar-refractivity contribution in [1.82, 2.24) is 9.62 Å². The maximum atomic E-state index is 12.4. The highest BCUT2D eigenvalue weighted by Crippen LogP contribution is 2.19. The lowest BCUT2D eigenvalue weighted by Crippen LogP contribution is -2.51. The first-order valence-corrected chi connectivity index (χ1v) is 8.01. The van der Waals surface area contributed by atoms with Crippen molar-refractivity contribution in [2.75, 3.05) is 19.6 Å². The van der Waals surface area contributed by atoms with Crippen LogP contribution in [0.1, 0.15) is 6.92 Å². The van der Waals surface area contributed by atoms with E-state index in [9.17, 15) is 8.42 Å². The van der Waals surface area contributed by atoms with Gasteiger partial charge in [0.15, 0.2) is 0 Å². The van der Waals surface area contributed by atoms with Gasteiger partial charge in [0.1, 0.15) is 0 Å². The molecule has 1 fully saturated rings. The lowest BCUT2D eigenvalue weighted by molar-refractivity contribution is 0.310. The van der Waals surface area contributed by atoms with Crippen LogP contribution < -0.4 is 5.32 Å². The molecular formula is C11H15IN2O2S. The molecule has 0 spiro atoms. The van der Waals surface area contributed by atoms with Crippen LogP contribution in [0.5, 0.6) is 0 Å². The van der Waals surface area contributed by atoms with Crippen molar-refractivity contribution in [1.29, 1.82) is 0 Å². The Bertz CT molecular complexity index is 504. The summed E-state index contributed by atoms with van der Waals surface area (Å²) in [6.45, 7) is 3.78. The Balaban J connectivity index is 2.29. The van der Waals surface area contributed by atoms with E-state index in [4.69, 9.17) is 0 Å². The molecule has 0 bridgehead atoms. The fraction of sp³-hybridized carbons (Fsp3) is 0.455. The predicted octanol–water partition coefficient (Wildman–Crippen LogP) is 1.27. The largest absolute Gasteiger partial charge is 0.312 e. The first kappa shape index (κ1) is 13.3. The van der Waals surface area contributed by atoms with E-state index < -0.39 is 10.0 Å². The summed E-state index contributed by atoms with van der Waals surface area (Å²) in [6, 6.07) is 7.24. The topological polar surface area (TPSA) is 49.4 Å². The molecule has 2 rings (SSSR count). The molecule has 0 aromatic heterocycles. The normalized spacial score (nSPS) is 22.6. The van der Waals surface area contributed by atoms with E-state index in [0.29, 0.717) is 24.5 Å². The molecule has 0 aliphatic carbocycles. The quantitative estimate of drug-likeness (QED) is 0.803. The van der Waals surface area contributed by atoms with Crippen molar-refractivity contribution in [2.24, 2.45) is 0 Å². The molecule has 1 saturated heterocycles. The summed E-state index contributed by atoms with van der Waals surface area (Å²) in [7, 11) is -3.33. The Kier molecular flexibility index (Phi) is 4.06. The molecule has 94 valence electrons. The standard InChI is InChI=1S/C11H15IN2O2S/c1-9-8-14(6-5-13-9)17(15,16)11-4-2-3-10(12)7-11/h2-4,7,9,13H,5-6,8H2,1H3. The van der Waals surface area contributed by atoms with Gasteiger partial charge < -0.3 is 5.32 Å². The average molecular weight is 366 g/mol. The number of piperazine rings is 1. The number of rotatable bonds is 2. The fourth-order valence-electron chi connectivity index (χ4n) is 1.89. The monoisotopic (exact) mass is 366 g/mol. The van der Waals surface area contributed by atoms with Gasteiger partial charge in [-0.1, -0.05) is 6.07 Å². The second-order valence-electron chi connectivity index (χ2n) is 4.18. The number of sulfonamides is 1. The second-order valence-corrected chi connectivity index (χ2v) is 7.36. The van der Waals surface area contributed by atoms with Crippen LogP contribution in [0.4, 0.5) is 0 Å². The Hall–Kier alpha value is -0.180. The third-order valence-corrected chi connectivity index (χ3v) is 5.30. The highest BCUT2D eigenvalue weighted by Gasteiger charge is 2.28. The van der Waals surface area contributed by atoms with Crippen molar-refractivity contribution in [2.45, 2.75) is 17.9 Å². The van der Waals surface area contributed by atoms with Gasteiger partial charge in [-0.15, -0.1) is 0 Å². The maximum Gasteiger partial charge on any atom is 0.243 e. The Morgan fingerprint density at radius 2 is 2.24 bits per heavy atom. The SMILES string of the molecule is CC1CN(S(=O)(=O)c2cccc(I)c2)CCN1. The lowest BCUT2D eigenvalue weighted by atomic mass is 10.3. The molecular weight excluding hydrogens is 351 g/mol. The molecule has 0 saturated carbocycles. The highest BCUT2D eigenvalue weighted by atomic mass is 127. The van der Waals surface area contributed by atoms with Crippen LogP contribution in [0.25, 0.3) is 0 Å². The van der Waals surface area contributed by atoms with Gasteiger partial charge in [0, 0.05) is 29.2 Å². The minimum absolute atomic E-state index is 0.210. The summed E-state index contributed by atoms with van der Waals surface area (Å²) < 4.78 is 27.3. The van der Waals surface area contributed by atoms with Crippen LogP contribution in [0, 0.1) is 3.57 Å². The van der Waals surface area contributed by atoms with E-state index >= 15 is 0 Å². The molecule has 1 aromatic carbocycles. The van der Waals surface area contributed by atoms with Crippen LogP contribution in [0.15, 0.2) is 29.2 Å². The van der Waals surface area contributed by atoms with Gasteiger partial charge in [-0.05, 0) is 47.7 Å². The molecule has 1 N–H and O–H groups in total. The summed E-state index contributed by atoms with van der Waals surface area (Å²) in [4.78, 5) is 0.388. The van der Waals surface area contributed by atoms with Gasteiger partial charge in [-0.3, -0.25) is 0 Å². The third-order valence-electron chi connectivity index (χ3n) is 2.77. The molecule has 17 heavy (non-hydrogen) atoms. The summed E-state index contributed by atoms with van der Waals surface area (Å²) in [5.74, 6) is 0. The van der Waals surface area contributed by atoms with Crippen LogP contribution in [-0.2, 0) is 10.0 Å². The highest BCUT2D eigenvalue weighted by molar-refractivity contribution is 14.1. The molecule has 1 unspecified atom stereocenters. The van der Waals surface area contributed by atoms with Crippen LogP contribution in [0.3, 0.4) is 0 Å². The van der Waals surface area contributed by atoms with E-state index in [2.05, 4.69) is 27.9 Å². The zero-order chi connectivity index (χ0) is 12.5. The Labute approximate surface area is 116 Å². The number of benzene rings is 1. The van der Waals surface area contributed by atoms with Gasteiger partial charge in [0.05, 0.1) is 4.90 Å². The number of nitrogens with one attached hydrogen (secondary N) is 1. The zero-order valence-electron chi connectivity index (χ0n) is 9.56. The molecule has 0 amide bonds. The fourth-order valence-corrected chi connectivity index (χ4v) is 4.22. The third kappa shape index (κ3) is 2.98. The van der Waals surface area contributed by atoms with E-state index in [0.717, 1.165) is 3.57 Å². The molecule has 1 aliphatic heterocycles. The van der Waals surface area contributed by atoms with Crippen LogP contribution in [0.2, 0.25) is 0 Å². The number of halogens is 1. The van der Waals surface area contributed by atoms with Gasteiger partial charge in [-0.2, -0.15) is 4.31 Å². The van der Waals surface area contributed by atoms with Crippen LogP contribution >= 0.6 is 22.6 Å². The first-order valence-electron chi connectivity index (χ1n) is 5.49.